The number of carbonyl (C=O) groups excluding carboxylic acids is 1. The highest BCUT2D eigenvalue weighted by Crippen LogP contribution is 2.23. The average molecular weight is 417 g/mol. The Labute approximate surface area is 172 Å². The molecule has 1 N–H and O–H groups in total. The molecule has 7 heteroatoms. The molecule has 0 unspecified atom stereocenters. The Hall–Kier alpha value is -2.22. The summed E-state index contributed by atoms with van der Waals surface area (Å²) in [7, 11) is -3.66. The number of benzene rings is 2. The van der Waals surface area contributed by atoms with Gasteiger partial charge in [-0.25, -0.2) is 8.42 Å². The van der Waals surface area contributed by atoms with Crippen molar-refractivity contribution >= 4 is 15.9 Å². The van der Waals surface area contributed by atoms with E-state index in [1.165, 1.54) is 21.5 Å². The smallest absolute Gasteiger partial charge is 0.251 e. The van der Waals surface area contributed by atoms with Crippen molar-refractivity contribution in [3.05, 3.63) is 64.7 Å². The summed E-state index contributed by atoms with van der Waals surface area (Å²) in [5, 5.41) is 2.90. The molecule has 0 aliphatic carbocycles. The van der Waals surface area contributed by atoms with E-state index in [2.05, 4.69) is 5.32 Å². The van der Waals surface area contributed by atoms with Crippen LogP contribution in [0.15, 0.2) is 47.4 Å². The summed E-state index contributed by atoms with van der Waals surface area (Å²) in [6.07, 6.45) is 1.30. The number of hydrogen-bond acceptors (Lipinski definition) is 4. The predicted molar refractivity (Wildman–Crippen MR) is 113 cm³/mol. The van der Waals surface area contributed by atoms with Crippen molar-refractivity contribution in [1.29, 1.82) is 0 Å². The van der Waals surface area contributed by atoms with Gasteiger partial charge < -0.3 is 10.1 Å². The van der Waals surface area contributed by atoms with Gasteiger partial charge in [0.1, 0.15) is 0 Å². The lowest BCUT2D eigenvalue weighted by Crippen LogP contribution is -2.41. The van der Waals surface area contributed by atoms with Crippen LogP contribution in [0.2, 0.25) is 0 Å². The number of nitrogens with one attached hydrogen (secondary N) is 1. The zero-order valence-electron chi connectivity index (χ0n) is 17.0. The van der Waals surface area contributed by atoms with Crippen molar-refractivity contribution in [2.24, 2.45) is 0 Å². The third-order valence-corrected chi connectivity index (χ3v) is 7.22. The van der Waals surface area contributed by atoms with Gasteiger partial charge in [-0.05, 0) is 48.6 Å². The highest BCUT2D eigenvalue weighted by atomic mass is 32.2. The molecule has 156 valence electrons. The average Bonchev–Trinajstić information content (AvgIpc) is 2.75. The maximum absolute atomic E-state index is 13.1. The second-order valence-electron chi connectivity index (χ2n) is 7.12. The molecule has 0 radical (unpaired) electrons. The molecule has 2 aromatic rings. The highest BCUT2D eigenvalue weighted by molar-refractivity contribution is 7.89. The summed E-state index contributed by atoms with van der Waals surface area (Å²) < 4.78 is 32.9. The highest BCUT2D eigenvalue weighted by Gasteiger charge is 2.29. The minimum absolute atomic E-state index is 0.216. The molecule has 0 aromatic heterocycles. The molecule has 2 aromatic carbocycles. The normalized spacial score (nSPS) is 15.2. The molecule has 0 atom stereocenters. The zero-order chi connectivity index (χ0) is 20.9. The van der Waals surface area contributed by atoms with E-state index >= 15 is 0 Å². The molecule has 0 spiro atoms. The van der Waals surface area contributed by atoms with E-state index in [0.29, 0.717) is 50.4 Å². The Bertz CT molecular complexity index is 967. The van der Waals surface area contributed by atoms with Crippen molar-refractivity contribution in [3.63, 3.8) is 0 Å². The molecular formula is C22H28N2O4S. The Balaban J connectivity index is 1.75. The van der Waals surface area contributed by atoms with Crippen molar-refractivity contribution in [2.45, 2.75) is 31.6 Å². The second kappa shape index (κ2) is 9.52. The van der Waals surface area contributed by atoms with Crippen LogP contribution in [0.5, 0.6) is 0 Å². The van der Waals surface area contributed by atoms with Crippen LogP contribution in [0.4, 0.5) is 0 Å². The third kappa shape index (κ3) is 5.04. The number of aryl methyl sites for hydroxylation is 2. The van der Waals surface area contributed by atoms with Gasteiger partial charge >= 0.3 is 0 Å². The summed E-state index contributed by atoms with van der Waals surface area (Å²) in [6.45, 7) is 5.89. The molecule has 1 heterocycles. The number of hydrogen-bond donors (Lipinski definition) is 1. The van der Waals surface area contributed by atoms with Gasteiger partial charge in [-0.1, -0.05) is 37.3 Å². The number of morpholine rings is 1. The first-order valence-electron chi connectivity index (χ1n) is 9.97. The molecule has 1 aliphatic rings. The van der Waals surface area contributed by atoms with Gasteiger partial charge in [0, 0.05) is 25.2 Å². The summed E-state index contributed by atoms with van der Waals surface area (Å²) in [6, 6.07) is 13.0. The number of rotatable bonds is 7. The molecule has 0 saturated carbocycles. The molecule has 29 heavy (non-hydrogen) atoms. The Morgan fingerprint density at radius 3 is 2.52 bits per heavy atom. The molecule has 6 nitrogen and oxygen atoms in total. The largest absolute Gasteiger partial charge is 0.379 e. The SMILES string of the molecule is CCc1ccc(C(=O)NCCc2ccccc2C)cc1S(=O)(=O)N1CCOCC1. The fraction of sp³-hybridized carbons (Fsp3) is 0.409. The topological polar surface area (TPSA) is 75.7 Å². The Morgan fingerprint density at radius 1 is 1.10 bits per heavy atom. The number of ether oxygens (including phenoxy) is 1. The van der Waals surface area contributed by atoms with Crippen LogP contribution in [0, 0.1) is 6.92 Å². The summed E-state index contributed by atoms with van der Waals surface area (Å²) >= 11 is 0. The first-order valence-corrected chi connectivity index (χ1v) is 11.4. The van der Waals surface area contributed by atoms with Gasteiger partial charge in [-0.2, -0.15) is 4.31 Å². The second-order valence-corrected chi connectivity index (χ2v) is 9.03. The third-order valence-electron chi connectivity index (χ3n) is 5.24. The van der Waals surface area contributed by atoms with Crippen LogP contribution >= 0.6 is 0 Å². The monoisotopic (exact) mass is 416 g/mol. The van der Waals surface area contributed by atoms with Crippen LogP contribution in [0.3, 0.4) is 0 Å². The lowest BCUT2D eigenvalue weighted by Gasteiger charge is -2.27. The van der Waals surface area contributed by atoms with Gasteiger partial charge in [0.15, 0.2) is 0 Å². The fourth-order valence-corrected chi connectivity index (χ4v) is 5.18. The van der Waals surface area contributed by atoms with Gasteiger partial charge in [-0.15, -0.1) is 0 Å². The molecule has 1 aliphatic heterocycles. The molecular weight excluding hydrogens is 388 g/mol. The van der Waals surface area contributed by atoms with Crippen LogP contribution < -0.4 is 5.32 Å². The lowest BCUT2D eigenvalue weighted by molar-refractivity contribution is 0.0730. The van der Waals surface area contributed by atoms with Crippen LogP contribution in [-0.4, -0.2) is 51.5 Å². The predicted octanol–water partition coefficient (Wildman–Crippen LogP) is 2.55. The summed E-state index contributed by atoms with van der Waals surface area (Å²) in [4.78, 5) is 12.9. The molecule has 3 rings (SSSR count). The van der Waals surface area contributed by atoms with Gasteiger partial charge in [0.2, 0.25) is 10.0 Å². The Kier molecular flexibility index (Phi) is 7.05. The lowest BCUT2D eigenvalue weighted by atomic mass is 10.1. The van der Waals surface area contributed by atoms with E-state index in [-0.39, 0.29) is 10.8 Å². The number of nitrogens with zero attached hydrogens (tertiary/aromatic N) is 1. The maximum Gasteiger partial charge on any atom is 0.251 e. The van der Waals surface area contributed by atoms with E-state index in [4.69, 9.17) is 4.74 Å². The molecule has 1 saturated heterocycles. The van der Waals surface area contributed by atoms with Crippen LogP contribution in [0.25, 0.3) is 0 Å². The number of sulfonamides is 1. The van der Waals surface area contributed by atoms with Crippen LogP contribution in [0.1, 0.15) is 34.0 Å². The molecule has 1 amide bonds. The van der Waals surface area contributed by atoms with E-state index in [0.717, 1.165) is 6.42 Å². The van der Waals surface area contributed by atoms with E-state index in [1.807, 2.05) is 38.1 Å². The van der Waals surface area contributed by atoms with Gasteiger partial charge in [0.25, 0.3) is 5.91 Å². The maximum atomic E-state index is 13.1. The first kappa shape index (κ1) is 21.5. The minimum atomic E-state index is -3.66. The molecule has 0 bridgehead atoms. The first-order chi connectivity index (χ1) is 13.9. The van der Waals surface area contributed by atoms with Crippen molar-refractivity contribution in [2.75, 3.05) is 32.8 Å². The van der Waals surface area contributed by atoms with Crippen LogP contribution in [-0.2, 0) is 27.6 Å². The standard InChI is InChI=1S/C22H28N2O4S/c1-3-18-8-9-20(16-21(18)29(26,27)24-12-14-28-15-13-24)22(25)23-11-10-19-7-5-4-6-17(19)2/h4-9,16H,3,10-15H2,1-2H3,(H,23,25). The number of carbonyl (C=O) groups is 1. The van der Waals surface area contributed by atoms with E-state index in [1.54, 1.807) is 12.1 Å². The fourth-order valence-electron chi connectivity index (χ4n) is 3.46. The number of amides is 1. The van der Waals surface area contributed by atoms with E-state index < -0.39 is 10.0 Å². The van der Waals surface area contributed by atoms with Gasteiger partial charge in [-0.3, -0.25) is 4.79 Å². The van der Waals surface area contributed by atoms with E-state index in [9.17, 15) is 13.2 Å². The quantitative estimate of drug-likeness (QED) is 0.753. The van der Waals surface area contributed by atoms with Crippen molar-refractivity contribution in [3.8, 4) is 0 Å². The van der Waals surface area contributed by atoms with Crippen molar-refractivity contribution in [1.82, 2.24) is 9.62 Å². The van der Waals surface area contributed by atoms with Crippen molar-refractivity contribution < 1.29 is 17.9 Å². The minimum Gasteiger partial charge on any atom is -0.379 e. The molecule has 1 fully saturated rings. The Morgan fingerprint density at radius 2 is 1.83 bits per heavy atom. The summed E-state index contributed by atoms with van der Waals surface area (Å²) in [5.41, 5.74) is 3.45. The zero-order valence-corrected chi connectivity index (χ0v) is 17.8. The summed E-state index contributed by atoms with van der Waals surface area (Å²) in [5.74, 6) is -0.264. The van der Waals surface area contributed by atoms with Gasteiger partial charge in [0.05, 0.1) is 18.1 Å².